The van der Waals surface area contributed by atoms with Gasteiger partial charge in [0, 0.05) is 5.69 Å². The van der Waals surface area contributed by atoms with E-state index in [9.17, 15) is 4.79 Å². The molecule has 0 saturated heterocycles. The van der Waals surface area contributed by atoms with Crippen molar-refractivity contribution in [2.75, 3.05) is 26.6 Å². The number of nitrogens with one attached hydrogen (secondary N) is 1. The Morgan fingerprint density at radius 3 is 1.96 bits per heavy atom. The van der Waals surface area contributed by atoms with E-state index in [1.165, 1.54) is 21.3 Å². The summed E-state index contributed by atoms with van der Waals surface area (Å²) in [6.45, 7) is 0. The number of hydrogen-bond donors (Lipinski definition) is 1. The summed E-state index contributed by atoms with van der Waals surface area (Å²) in [7, 11) is 4.49. The van der Waals surface area contributed by atoms with Crippen LogP contribution in [0.25, 0.3) is 0 Å². The summed E-state index contributed by atoms with van der Waals surface area (Å²) in [4.78, 5) is 12.7. The minimum Gasteiger partial charge on any atom is -0.493 e. The number of carbonyl (C=O) groups excluding carboxylic acids is 1. The maximum atomic E-state index is 12.7. The van der Waals surface area contributed by atoms with Crippen molar-refractivity contribution < 1.29 is 23.7 Å². The molecule has 3 aromatic rings. The summed E-state index contributed by atoms with van der Waals surface area (Å²) < 4.78 is 21.7. The Labute approximate surface area is 163 Å². The molecule has 0 atom stereocenters. The first-order valence-corrected chi connectivity index (χ1v) is 8.59. The van der Waals surface area contributed by atoms with Crippen LogP contribution in [0.5, 0.6) is 28.7 Å². The highest BCUT2D eigenvalue weighted by Crippen LogP contribution is 2.40. The van der Waals surface area contributed by atoms with Crippen LogP contribution in [0, 0.1) is 0 Å². The lowest BCUT2D eigenvalue weighted by atomic mass is 10.1. The van der Waals surface area contributed by atoms with Gasteiger partial charge in [0.05, 0.1) is 26.9 Å². The van der Waals surface area contributed by atoms with Crippen LogP contribution in [0.4, 0.5) is 5.69 Å². The molecule has 1 N–H and O–H groups in total. The second-order valence-corrected chi connectivity index (χ2v) is 5.78. The number of anilines is 1. The van der Waals surface area contributed by atoms with Crippen molar-refractivity contribution in [2.45, 2.75) is 0 Å². The molecule has 28 heavy (non-hydrogen) atoms. The van der Waals surface area contributed by atoms with Crippen molar-refractivity contribution in [3.05, 3.63) is 72.3 Å². The van der Waals surface area contributed by atoms with Gasteiger partial charge in [-0.2, -0.15) is 0 Å². The quantitative estimate of drug-likeness (QED) is 0.641. The van der Waals surface area contributed by atoms with Crippen molar-refractivity contribution in [3.63, 3.8) is 0 Å². The van der Waals surface area contributed by atoms with Crippen molar-refractivity contribution in [1.29, 1.82) is 0 Å². The van der Waals surface area contributed by atoms with Crippen molar-refractivity contribution >= 4 is 11.6 Å². The Morgan fingerprint density at radius 2 is 1.36 bits per heavy atom. The molecular formula is C22H21NO5. The molecule has 144 valence electrons. The van der Waals surface area contributed by atoms with E-state index in [1.807, 2.05) is 30.3 Å². The Morgan fingerprint density at radius 1 is 0.714 bits per heavy atom. The van der Waals surface area contributed by atoms with Crippen molar-refractivity contribution in [3.8, 4) is 28.7 Å². The van der Waals surface area contributed by atoms with E-state index in [0.717, 1.165) is 5.75 Å². The number of methoxy groups -OCH3 is 3. The van der Waals surface area contributed by atoms with Gasteiger partial charge in [-0.25, -0.2) is 0 Å². The predicted molar refractivity (Wildman–Crippen MR) is 107 cm³/mol. The molecule has 0 heterocycles. The zero-order chi connectivity index (χ0) is 19.9. The smallest absolute Gasteiger partial charge is 0.259 e. The Balaban J connectivity index is 1.76. The summed E-state index contributed by atoms with van der Waals surface area (Å²) in [5, 5.41) is 2.84. The number of benzene rings is 3. The number of para-hydroxylation sites is 1. The zero-order valence-corrected chi connectivity index (χ0v) is 15.9. The maximum absolute atomic E-state index is 12.7. The molecule has 3 rings (SSSR count). The van der Waals surface area contributed by atoms with Crippen LogP contribution in [-0.4, -0.2) is 27.2 Å². The summed E-state index contributed by atoms with van der Waals surface area (Å²) in [6, 6.07) is 19.9. The third kappa shape index (κ3) is 4.17. The summed E-state index contributed by atoms with van der Waals surface area (Å²) in [5.41, 5.74) is 0.965. The molecule has 3 aromatic carbocycles. The van der Waals surface area contributed by atoms with Gasteiger partial charge < -0.3 is 24.3 Å². The van der Waals surface area contributed by atoms with E-state index in [0.29, 0.717) is 34.2 Å². The van der Waals surface area contributed by atoms with Crippen molar-refractivity contribution in [1.82, 2.24) is 0 Å². The molecule has 0 aromatic heterocycles. The van der Waals surface area contributed by atoms with Crippen molar-refractivity contribution in [2.24, 2.45) is 0 Å². The van der Waals surface area contributed by atoms with Crippen LogP contribution in [0.1, 0.15) is 10.4 Å². The molecule has 0 aliphatic carbocycles. The topological polar surface area (TPSA) is 66.0 Å². The summed E-state index contributed by atoms with van der Waals surface area (Å²) >= 11 is 0. The first-order valence-electron chi connectivity index (χ1n) is 8.59. The van der Waals surface area contributed by atoms with Crippen LogP contribution < -0.4 is 24.3 Å². The highest BCUT2D eigenvalue weighted by molar-refractivity contribution is 6.07. The van der Waals surface area contributed by atoms with E-state index in [2.05, 4.69) is 5.32 Å². The third-order valence-electron chi connectivity index (χ3n) is 4.04. The first-order chi connectivity index (χ1) is 13.7. The number of ether oxygens (including phenoxy) is 4. The van der Waals surface area contributed by atoms with E-state index in [-0.39, 0.29) is 5.91 Å². The molecule has 1 amide bonds. The fourth-order valence-electron chi connectivity index (χ4n) is 2.71. The lowest BCUT2D eigenvalue weighted by molar-refractivity contribution is 0.102. The van der Waals surface area contributed by atoms with Gasteiger partial charge in [0.25, 0.3) is 5.91 Å². The number of amides is 1. The van der Waals surface area contributed by atoms with E-state index in [4.69, 9.17) is 18.9 Å². The number of rotatable bonds is 7. The fourth-order valence-corrected chi connectivity index (χ4v) is 2.71. The molecule has 0 unspecified atom stereocenters. The molecular weight excluding hydrogens is 358 g/mol. The van der Waals surface area contributed by atoms with Gasteiger partial charge in [0.15, 0.2) is 11.5 Å². The molecule has 0 spiro atoms. The van der Waals surface area contributed by atoms with Gasteiger partial charge in [-0.15, -0.1) is 0 Å². The van der Waals surface area contributed by atoms with Gasteiger partial charge in [-0.05, 0) is 48.5 Å². The van der Waals surface area contributed by atoms with Gasteiger partial charge in [-0.1, -0.05) is 18.2 Å². The SMILES string of the molecule is COc1ccc(C(=O)Nc2ccc(Oc3ccccc3)cc2)c(OC)c1OC. The average Bonchev–Trinajstić information content (AvgIpc) is 2.74. The van der Waals surface area contributed by atoms with Gasteiger partial charge in [0.1, 0.15) is 11.5 Å². The molecule has 6 heteroatoms. The highest BCUT2D eigenvalue weighted by atomic mass is 16.5. The Hall–Kier alpha value is -3.67. The zero-order valence-electron chi connectivity index (χ0n) is 15.9. The lowest BCUT2D eigenvalue weighted by Crippen LogP contribution is -2.14. The number of carbonyl (C=O) groups is 1. The molecule has 0 bridgehead atoms. The molecule has 0 saturated carbocycles. The van der Waals surface area contributed by atoms with E-state index >= 15 is 0 Å². The van der Waals surface area contributed by atoms with Gasteiger partial charge in [0.2, 0.25) is 5.75 Å². The normalized spacial score (nSPS) is 10.1. The minimum atomic E-state index is -0.325. The monoisotopic (exact) mass is 379 g/mol. The lowest BCUT2D eigenvalue weighted by Gasteiger charge is -2.15. The summed E-state index contributed by atoms with van der Waals surface area (Å²) in [5.74, 6) is 2.25. The molecule has 6 nitrogen and oxygen atoms in total. The third-order valence-corrected chi connectivity index (χ3v) is 4.04. The Kier molecular flexibility index (Phi) is 6.01. The van der Waals surface area contributed by atoms with Crippen LogP contribution >= 0.6 is 0 Å². The second-order valence-electron chi connectivity index (χ2n) is 5.78. The van der Waals surface area contributed by atoms with Crippen LogP contribution in [0.3, 0.4) is 0 Å². The molecule has 0 aliphatic heterocycles. The molecule has 0 fully saturated rings. The Bertz CT molecular complexity index is 939. The first kappa shape index (κ1) is 19.1. The standard InChI is InChI=1S/C22H21NO5/c1-25-19-14-13-18(20(26-2)21(19)27-3)22(24)23-15-9-11-17(12-10-15)28-16-7-5-4-6-8-16/h4-14H,1-3H3,(H,23,24). The maximum Gasteiger partial charge on any atom is 0.259 e. The fraction of sp³-hybridized carbons (Fsp3) is 0.136. The second kappa shape index (κ2) is 8.81. The van der Waals surface area contributed by atoms with E-state index in [1.54, 1.807) is 36.4 Å². The van der Waals surface area contributed by atoms with Crippen LogP contribution in [0.15, 0.2) is 66.7 Å². The highest BCUT2D eigenvalue weighted by Gasteiger charge is 2.20. The van der Waals surface area contributed by atoms with Gasteiger partial charge >= 0.3 is 0 Å². The summed E-state index contributed by atoms with van der Waals surface area (Å²) in [6.07, 6.45) is 0. The molecule has 0 aliphatic rings. The minimum absolute atomic E-state index is 0.309. The average molecular weight is 379 g/mol. The number of hydrogen-bond acceptors (Lipinski definition) is 5. The van der Waals surface area contributed by atoms with Gasteiger partial charge in [-0.3, -0.25) is 4.79 Å². The van der Waals surface area contributed by atoms with Crippen LogP contribution in [0.2, 0.25) is 0 Å². The van der Waals surface area contributed by atoms with Crippen LogP contribution in [-0.2, 0) is 0 Å². The largest absolute Gasteiger partial charge is 0.493 e. The van der Waals surface area contributed by atoms with E-state index < -0.39 is 0 Å². The predicted octanol–water partition coefficient (Wildman–Crippen LogP) is 4.76. The molecule has 0 radical (unpaired) electrons.